The Morgan fingerprint density at radius 1 is 1.13 bits per heavy atom. The number of benzene rings is 1. The number of hydrogen-bond acceptors (Lipinski definition) is 4. The molecule has 1 aliphatic rings. The summed E-state index contributed by atoms with van der Waals surface area (Å²) in [7, 11) is 0. The Hall–Kier alpha value is -2.63. The molecule has 1 saturated heterocycles. The number of alkyl halides is 6. The summed E-state index contributed by atoms with van der Waals surface area (Å²) in [5.41, 5.74) is -0.717. The molecule has 0 saturated carbocycles. The summed E-state index contributed by atoms with van der Waals surface area (Å²) in [6.07, 6.45) is -9.53. The van der Waals surface area contributed by atoms with Gasteiger partial charge in [-0.1, -0.05) is 17.7 Å². The second kappa shape index (κ2) is 8.48. The molecule has 0 unspecified atom stereocenters. The largest absolute Gasteiger partial charge is 0.573 e. The van der Waals surface area contributed by atoms with Crippen molar-refractivity contribution >= 4 is 23.2 Å². The average molecular weight is 471 g/mol. The van der Waals surface area contributed by atoms with Gasteiger partial charge in [0, 0.05) is 37.9 Å². The average Bonchev–Trinajstić information content (AvgIpc) is 2.95. The number of amides is 1. The van der Waals surface area contributed by atoms with Crippen LogP contribution in [-0.4, -0.2) is 53.1 Å². The standard InChI is InChI=1S/C18H17ClF6N4O2/c1-11-15(19)16(17(20,21)22)26-29(11)10-14(30)28-7-5-27(6-8-28)12-3-2-4-13(9-12)31-18(23,24)25/h2-4,9H,5-8,10H2,1H3. The molecule has 2 heterocycles. The lowest BCUT2D eigenvalue weighted by Crippen LogP contribution is -2.49. The second-order valence-electron chi connectivity index (χ2n) is 6.82. The maximum absolute atomic E-state index is 12.9. The first-order chi connectivity index (χ1) is 14.3. The lowest BCUT2D eigenvalue weighted by atomic mass is 10.2. The number of hydrogen-bond donors (Lipinski definition) is 0. The van der Waals surface area contributed by atoms with Crippen molar-refractivity contribution in [3.63, 3.8) is 0 Å². The Morgan fingerprint density at radius 2 is 1.77 bits per heavy atom. The van der Waals surface area contributed by atoms with Crippen LogP contribution in [0, 0.1) is 6.92 Å². The third-order valence-electron chi connectivity index (χ3n) is 4.74. The monoisotopic (exact) mass is 470 g/mol. The van der Waals surface area contributed by atoms with Crippen LogP contribution in [0.3, 0.4) is 0 Å². The molecule has 0 radical (unpaired) electrons. The van der Waals surface area contributed by atoms with Crippen LogP contribution in [0.15, 0.2) is 24.3 Å². The predicted molar refractivity (Wildman–Crippen MR) is 98.9 cm³/mol. The summed E-state index contributed by atoms with van der Waals surface area (Å²) in [6.45, 7) is 2.07. The van der Waals surface area contributed by atoms with Crippen molar-refractivity contribution < 1.29 is 35.9 Å². The minimum Gasteiger partial charge on any atom is -0.406 e. The van der Waals surface area contributed by atoms with Crippen LogP contribution < -0.4 is 9.64 Å². The number of rotatable bonds is 4. The fourth-order valence-corrected chi connectivity index (χ4v) is 3.42. The predicted octanol–water partition coefficient (Wildman–Crippen LogP) is 4.11. The minimum atomic E-state index is -4.80. The van der Waals surface area contributed by atoms with E-state index in [2.05, 4.69) is 9.84 Å². The van der Waals surface area contributed by atoms with Gasteiger partial charge in [-0.05, 0) is 19.1 Å². The van der Waals surface area contributed by atoms with Gasteiger partial charge >= 0.3 is 12.5 Å². The highest BCUT2D eigenvalue weighted by molar-refractivity contribution is 6.32. The van der Waals surface area contributed by atoms with Crippen molar-refractivity contribution in [2.45, 2.75) is 26.0 Å². The molecule has 0 aliphatic carbocycles. The van der Waals surface area contributed by atoms with Crippen LogP contribution in [0.5, 0.6) is 5.75 Å². The topological polar surface area (TPSA) is 50.6 Å². The third-order valence-corrected chi connectivity index (χ3v) is 5.19. The first-order valence-corrected chi connectivity index (χ1v) is 9.41. The molecule has 2 aromatic rings. The zero-order chi connectivity index (χ0) is 23.0. The molecule has 0 N–H and O–H groups in total. The first-order valence-electron chi connectivity index (χ1n) is 9.04. The highest BCUT2D eigenvalue weighted by atomic mass is 35.5. The first kappa shape index (κ1) is 23.0. The molecule has 1 aromatic carbocycles. The number of piperazine rings is 1. The zero-order valence-corrected chi connectivity index (χ0v) is 16.9. The van der Waals surface area contributed by atoms with Gasteiger partial charge in [0.15, 0.2) is 5.69 Å². The summed E-state index contributed by atoms with van der Waals surface area (Å²) in [4.78, 5) is 15.8. The fraction of sp³-hybridized carbons (Fsp3) is 0.444. The molecule has 31 heavy (non-hydrogen) atoms. The molecule has 13 heteroatoms. The van der Waals surface area contributed by atoms with Gasteiger partial charge in [-0.25, -0.2) is 0 Å². The van der Waals surface area contributed by atoms with Crippen molar-refractivity contribution in [3.8, 4) is 5.75 Å². The molecular weight excluding hydrogens is 454 g/mol. The van der Waals surface area contributed by atoms with E-state index in [1.807, 2.05) is 0 Å². The van der Waals surface area contributed by atoms with Gasteiger partial charge in [-0.15, -0.1) is 13.2 Å². The summed E-state index contributed by atoms with van der Waals surface area (Å²) in [5, 5.41) is 2.86. The van der Waals surface area contributed by atoms with Gasteiger partial charge in [-0.2, -0.15) is 18.3 Å². The van der Waals surface area contributed by atoms with E-state index < -0.39 is 35.7 Å². The molecule has 170 valence electrons. The van der Waals surface area contributed by atoms with Crippen LogP contribution in [0.1, 0.15) is 11.4 Å². The minimum absolute atomic E-state index is 0.0301. The number of nitrogens with zero attached hydrogens (tertiary/aromatic N) is 4. The molecule has 1 fully saturated rings. The van der Waals surface area contributed by atoms with Crippen molar-refractivity contribution in [1.82, 2.24) is 14.7 Å². The van der Waals surface area contributed by atoms with Crippen LogP contribution in [0.4, 0.5) is 32.0 Å². The van der Waals surface area contributed by atoms with E-state index >= 15 is 0 Å². The Kier molecular flexibility index (Phi) is 6.30. The molecule has 3 rings (SSSR count). The molecular formula is C18H17ClF6N4O2. The number of halogens is 7. The van der Waals surface area contributed by atoms with Crippen LogP contribution in [0.25, 0.3) is 0 Å². The summed E-state index contributed by atoms with van der Waals surface area (Å²) >= 11 is 5.69. The molecule has 0 spiro atoms. The number of ether oxygens (including phenoxy) is 1. The van der Waals surface area contributed by atoms with E-state index in [0.717, 1.165) is 4.68 Å². The van der Waals surface area contributed by atoms with Crippen molar-refractivity contribution in [1.29, 1.82) is 0 Å². The molecule has 1 aliphatic heterocycles. The number of carbonyl (C=O) groups is 1. The van der Waals surface area contributed by atoms with Gasteiger partial charge in [0.25, 0.3) is 0 Å². The van der Waals surface area contributed by atoms with E-state index in [4.69, 9.17) is 11.6 Å². The van der Waals surface area contributed by atoms with Gasteiger partial charge in [0.2, 0.25) is 5.91 Å². The lowest BCUT2D eigenvalue weighted by Gasteiger charge is -2.36. The highest BCUT2D eigenvalue weighted by Crippen LogP contribution is 2.35. The molecule has 0 atom stereocenters. The molecule has 1 aromatic heterocycles. The summed E-state index contributed by atoms with van der Waals surface area (Å²) in [6, 6.07) is 5.48. The Balaban J connectivity index is 1.62. The normalized spacial score (nSPS) is 15.4. The maximum Gasteiger partial charge on any atom is 0.573 e. The van der Waals surface area contributed by atoms with E-state index in [9.17, 15) is 31.1 Å². The molecule has 6 nitrogen and oxygen atoms in total. The third kappa shape index (κ3) is 5.54. The van der Waals surface area contributed by atoms with Crippen LogP contribution in [-0.2, 0) is 17.5 Å². The van der Waals surface area contributed by atoms with Crippen molar-refractivity contribution in [3.05, 3.63) is 40.7 Å². The quantitative estimate of drug-likeness (QED) is 0.631. The Bertz CT molecular complexity index is 952. The number of aromatic nitrogens is 2. The molecule has 0 bridgehead atoms. The fourth-order valence-electron chi connectivity index (χ4n) is 3.18. The van der Waals surface area contributed by atoms with Gasteiger partial charge in [-0.3, -0.25) is 9.48 Å². The molecule has 1 amide bonds. The number of anilines is 1. The van der Waals surface area contributed by atoms with Crippen LogP contribution >= 0.6 is 11.6 Å². The smallest absolute Gasteiger partial charge is 0.406 e. The van der Waals surface area contributed by atoms with Gasteiger partial charge < -0.3 is 14.5 Å². The van der Waals surface area contributed by atoms with Crippen LogP contribution in [0.2, 0.25) is 5.02 Å². The number of carbonyl (C=O) groups excluding carboxylic acids is 1. The maximum atomic E-state index is 12.9. The van der Waals surface area contributed by atoms with Gasteiger partial charge in [0.1, 0.15) is 12.3 Å². The van der Waals surface area contributed by atoms with E-state index in [1.165, 1.54) is 30.0 Å². The van der Waals surface area contributed by atoms with E-state index in [0.29, 0.717) is 18.8 Å². The van der Waals surface area contributed by atoms with E-state index in [1.54, 1.807) is 11.0 Å². The van der Waals surface area contributed by atoms with Gasteiger partial charge in [0.05, 0.1) is 10.7 Å². The Morgan fingerprint density at radius 3 is 2.32 bits per heavy atom. The second-order valence-corrected chi connectivity index (χ2v) is 7.19. The van der Waals surface area contributed by atoms with E-state index in [-0.39, 0.29) is 24.5 Å². The Labute approximate surface area is 177 Å². The SMILES string of the molecule is Cc1c(Cl)c(C(F)(F)F)nn1CC(=O)N1CCN(c2cccc(OC(F)(F)F)c2)CC1. The van der Waals surface area contributed by atoms with Crippen molar-refractivity contribution in [2.75, 3.05) is 31.1 Å². The summed E-state index contributed by atoms with van der Waals surface area (Å²) in [5.74, 6) is -0.792. The lowest BCUT2D eigenvalue weighted by molar-refractivity contribution is -0.274. The zero-order valence-electron chi connectivity index (χ0n) is 16.1. The van der Waals surface area contributed by atoms with Crippen molar-refractivity contribution in [2.24, 2.45) is 0 Å². The summed E-state index contributed by atoms with van der Waals surface area (Å²) < 4.78 is 80.8. The highest BCUT2D eigenvalue weighted by Gasteiger charge is 2.38.